The Morgan fingerprint density at radius 2 is 1.95 bits per heavy atom. The van der Waals surface area contributed by atoms with Crippen molar-refractivity contribution in [1.82, 2.24) is 19.7 Å². The maximum atomic E-state index is 5.39. The Morgan fingerprint density at radius 1 is 1.25 bits per heavy atom. The number of anilines is 2. The summed E-state index contributed by atoms with van der Waals surface area (Å²) in [5.41, 5.74) is 2.04. The van der Waals surface area contributed by atoms with E-state index in [9.17, 15) is 0 Å². The fourth-order valence-electron chi connectivity index (χ4n) is 2.34. The fourth-order valence-corrected chi connectivity index (χ4v) is 2.55. The normalized spacial score (nSPS) is 16.3. The van der Waals surface area contributed by atoms with Gasteiger partial charge >= 0.3 is 0 Å². The van der Waals surface area contributed by atoms with Gasteiger partial charge in [0.2, 0.25) is 5.95 Å². The van der Waals surface area contributed by atoms with E-state index in [4.69, 9.17) is 4.74 Å². The second-order valence-corrected chi connectivity index (χ2v) is 5.70. The quantitative estimate of drug-likeness (QED) is 0.932. The molecule has 0 spiro atoms. The Hall–Kier alpha value is -1.47. The van der Waals surface area contributed by atoms with Crippen molar-refractivity contribution in [3.8, 4) is 0 Å². The Morgan fingerprint density at radius 3 is 2.65 bits per heavy atom. The third-order valence-electron chi connectivity index (χ3n) is 3.45. The fraction of sp³-hybridized carbons (Fsp3) is 0.462. The number of nitrogens with zero attached hydrogens (tertiary/aromatic N) is 4. The first kappa shape index (κ1) is 13.5. The average molecular weight is 338 g/mol. The van der Waals surface area contributed by atoms with Crippen molar-refractivity contribution in [3.63, 3.8) is 0 Å². The highest BCUT2D eigenvalue weighted by atomic mass is 79.9. The Bertz CT molecular complexity index is 577. The van der Waals surface area contributed by atoms with Gasteiger partial charge in [-0.15, -0.1) is 0 Å². The zero-order valence-electron chi connectivity index (χ0n) is 11.2. The van der Waals surface area contributed by atoms with Crippen LogP contribution in [0.15, 0.2) is 23.1 Å². The number of ether oxygens (including phenoxy) is 1. The third kappa shape index (κ3) is 2.83. The molecule has 0 aliphatic carbocycles. The van der Waals surface area contributed by atoms with Gasteiger partial charge in [0.25, 0.3) is 0 Å². The molecule has 3 rings (SSSR count). The zero-order valence-corrected chi connectivity index (χ0v) is 12.8. The summed E-state index contributed by atoms with van der Waals surface area (Å²) in [5.74, 6) is 0.572. The van der Waals surface area contributed by atoms with E-state index in [1.807, 2.05) is 6.20 Å². The van der Waals surface area contributed by atoms with E-state index in [0.29, 0.717) is 12.0 Å². The lowest BCUT2D eigenvalue weighted by molar-refractivity contribution is 0.0657. The molecular formula is C13H16BrN5O. The van der Waals surface area contributed by atoms with Crippen LogP contribution in [0.4, 0.5) is 11.6 Å². The molecule has 3 heterocycles. The summed E-state index contributed by atoms with van der Waals surface area (Å²) >= 11 is 3.32. The van der Waals surface area contributed by atoms with Gasteiger partial charge in [-0.1, -0.05) is 0 Å². The first-order valence-corrected chi connectivity index (χ1v) is 7.40. The number of aromatic nitrogens is 4. The summed E-state index contributed by atoms with van der Waals surface area (Å²) in [7, 11) is 0. The molecule has 2 aromatic heterocycles. The number of halogens is 1. The van der Waals surface area contributed by atoms with E-state index < -0.39 is 0 Å². The molecule has 2 aromatic rings. The molecule has 0 bridgehead atoms. The molecule has 1 aliphatic rings. The molecule has 1 aliphatic heterocycles. The zero-order chi connectivity index (χ0) is 13.9. The van der Waals surface area contributed by atoms with Gasteiger partial charge in [-0.05, 0) is 35.7 Å². The standard InChI is InChI=1S/C13H16BrN5O/c1-9-12(18-13-15-6-10(14)7-16-13)8-17-19(9)11-2-4-20-5-3-11/h6-8,11H,2-5H2,1H3,(H,15,16,18). The van der Waals surface area contributed by atoms with Crippen LogP contribution in [-0.4, -0.2) is 33.0 Å². The second-order valence-electron chi connectivity index (χ2n) is 4.78. The largest absolute Gasteiger partial charge is 0.381 e. The average Bonchev–Trinajstić information content (AvgIpc) is 2.84. The maximum Gasteiger partial charge on any atom is 0.227 e. The molecular weight excluding hydrogens is 322 g/mol. The minimum atomic E-state index is 0.421. The summed E-state index contributed by atoms with van der Waals surface area (Å²) < 4.78 is 8.33. The highest BCUT2D eigenvalue weighted by molar-refractivity contribution is 9.10. The predicted molar refractivity (Wildman–Crippen MR) is 79.1 cm³/mol. The van der Waals surface area contributed by atoms with Gasteiger partial charge in [0.1, 0.15) is 0 Å². The van der Waals surface area contributed by atoms with Crippen LogP contribution >= 0.6 is 15.9 Å². The number of hydrogen-bond acceptors (Lipinski definition) is 5. The molecule has 0 amide bonds. The Kier molecular flexibility index (Phi) is 3.98. The third-order valence-corrected chi connectivity index (χ3v) is 3.86. The van der Waals surface area contributed by atoms with Crippen molar-refractivity contribution in [2.75, 3.05) is 18.5 Å². The lowest BCUT2D eigenvalue weighted by Gasteiger charge is -2.23. The minimum absolute atomic E-state index is 0.421. The Labute approximate surface area is 125 Å². The van der Waals surface area contributed by atoms with E-state index in [0.717, 1.165) is 41.9 Å². The Balaban J connectivity index is 1.77. The molecule has 1 fully saturated rings. The van der Waals surface area contributed by atoms with Crippen LogP contribution < -0.4 is 5.32 Å². The van der Waals surface area contributed by atoms with Gasteiger partial charge in [-0.2, -0.15) is 5.10 Å². The molecule has 6 nitrogen and oxygen atoms in total. The number of rotatable bonds is 3. The molecule has 7 heteroatoms. The second kappa shape index (κ2) is 5.88. The molecule has 0 unspecified atom stereocenters. The lowest BCUT2D eigenvalue weighted by atomic mass is 10.1. The van der Waals surface area contributed by atoms with Gasteiger partial charge in [0, 0.05) is 25.6 Å². The molecule has 1 saturated heterocycles. The summed E-state index contributed by atoms with van der Waals surface area (Å²) in [6.45, 7) is 3.68. The first-order valence-electron chi connectivity index (χ1n) is 6.60. The summed E-state index contributed by atoms with van der Waals surface area (Å²) in [6.07, 6.45) is 7.28. The summed E-state index contributed by atoms with van der Waals surface area (Å²) in [4.78, 5) is 8.42. The number of nitrogens with one attached hydrogen (secondary N) is 1. The van der Waals surface area contributed by atoms with Gasteiger partial charge in [-0.25, -0.2) is 9.97 Å². The van der Waals surface area contributed by atoms with E-state index in [1.54, 1.807) is 12.4 Å². The van der Waals surface area contributed by atoms with Crippen LogP contribution in [0.25, 0.3) is 0 Å². The van der Waals surface area contributed by atoms with E-state index in [2.05, 4.69) is 47.9 Å². The smallest absolute Gasteiger partial charge is 0.227 e. The highest BCUT2D eigenvalue weighted by Crippen LogP contribution is 2.26. The molecule has 0 atom stereocenters. The summed E-state index contributed by atoms with van der Waals surface area (Å²) in [6, 6.07) is 0.421. The van der Waals surface area contributed by atoms with Crippen molar-refractivity contribution in [2.24, 2.45) is 0 Å². The van der Waals surface area contributed by atoms with Gasteiger partial charge in [-0.3, -0.25) is 4.68 Å². The van der Waals surface area contributed by atoms with Crippen LogP contribution in [-0.2, 0) is 4.74 Å². The van der Waals surface area contributed by atoms with Crippen molar-refractivity contribution >= 4 is 27.6 Å². The van der Waals surface area contributed by atoms with Crippen molar-refractivity contribution in [1.29, 1.82) is 0 Å². The summed E-state index contributed by atoms with van der Waals surface area (Å²) in [5, 5.41) is 7.69. The molecule has 0 radical (unpaired) electrons. The highest BCUT2D eigenvalue weighted by Gasteiger charge is 2.19. The number of hydrogen-bond donors (Lipinski definition) is 1. The van der Waals surface area contributed by atoms with Crippen LogP contribution in [0.3, 0.4) is 0 Å². The molecule has 106 valence electrons. The molecule has 20 heavy (non-hydrogen) atoms. The maximum absolute atomic E-state index is 5.39. The van der Waals surface area contributed by atoms with Crippen molar-refractivity contribution < 1.29 is 4.74 Å². The monoisotopic (exact) mass is 337 g/mol. The topological polar surface area (TPSA) is 64.9 Å². The van der Waals surface area contributed by atoms with Crippen molar-refractivity contribution in [3.05, 3.63) is 28.8 Å². The van der Waals surface area contributed by atoms with Crippen LogP contribution in [0, 0.1) is 6.92 Å². The van der Waals surface area contributed by atoms with Gasteiger partial charge in [0.05, 0.1) is 28.1 Å². The van der Waals surface area contributed by atoms with Crippen molar-refractivity contribution in [2.45, 2.75) is 25.8 Å². The predicted octanol–water partition coefficient (Wildman–Crippen LogP) is 2.84. The lowest BCUT2D eigenvalue weighted by Crippen LogP contribution is -2.21. The molecule has 0 saturated carbocycles. The SMILES string of the molecule is Cc1c(Nc2ncc(Br)cn2)cnn1C1CCOCC1. The van der Waals surface area contributed by atoms with Crippen LogP contribution in [0.1, 0.15) is 24.6 Å². The van der Waals surface area contributed by atoms with Crippen LogP contribution in [0.5, 0.6) is 0 Å². The van der Waals surface area contributed by atoms with Gasteiger partial charge < -0.3 is 10.1 Å². The van der Waals surface area contributed by atoms with E-state index in [1.165, 1.54) is 0 Å². The first-order chi connectivity index (χ1) is 9.74. The molecule has 1 N–H and O–H groups in total. The van der Waals surface area contributed by atoms with Crippen LogP contribution in [0.2, 0.25) is 0 Å². The molecule has 0 aromatic carbocycles. The minimum Gasteiger partial charge on any atom is -0.381 e. The van der Waals surface area contributed by atoms with E-state index in [-0.39, 0.29) is 0 Å². The van der Waals surface area contributed by atoms with E-state index >= 15 is 0 Å². The van der Waals surface area contributed by atoms with Gasteiger partial charge in [0.15, 0.2) is 0 Å².